The first-order valence-electron chi connectivity index (χ1n) is 8.24. The number of hydrogen-bond donors (Lipinski definition) is 4. The van der Waals surface area contributed by atoms with Crippen LogP contribution >= 0.6 is 0 Å². The van der Waals surface area contributed by atoms with Crippen LogP contribution in [0.1, 0.15) is 12.8 Å². The molecule has 1 saturated heterocycles. The molecule has 0 atom stereocenters. The molecular weight excluding hydrogens is 320 g/mol. The van der Waals surface area contributed by atoms with Crippen LogP contribution in [0.15, 0.2) is 30.5 Å². The lowest BCUT2D eigenvalue weighted by molar-refractivity contribution is -0.0543. The van der Waals surface area contributed by atoms with Crippen molar-refractivity contribution in [3.8, 4) is 11.3 Å². The van der Waals surface area contributed by atoms with E-state index in [9.17, 15) is 5.11 Å². The molecule has 1 aliphatic heterocycles. The summed E-state index contributed by atoms with van der Waals surface area (Å²) in [6.45, 7) is 1.53. The predicted octanol–water partition coefficient (Wildman–Crippen LogP) is 1.56. The minimum atomic E-state index is -0.792. The van der Waals surface area contributed by atoms with Crippen LogP contribution in [-0.4, -0.2) is 50.6 Å². The van der Waals surface area contributed by atoms with Crippen LogP contribution < -0.4 is 11.1 Å². The molecule has 8 heteroatoms. The van der Waals surface area contributed by atoms with Gasteiger partial charge < -0.3 is 20.9 Å². The predicted molar refractivity (Wildman–Crippen MR) is 95.0 cm³/mol. The van der Waals surface area contributed by atoms with E-state index in [1.54, 1.807) is 6.20 Å². The fourth-order valence-corrected chi connectivity index (χ4v) is 3.04. The third kappa shape index (κ3) is 3.26. The number of fused-ring (bicyclic) bond motifs is 1. The van der Waals surface area contributed by atoms with Crippen molar-refractivity contribution >= 4 is 22.7 Å². The van der Waals surface area contributed by atoms with E-state index in [2.05, 4.69) is 25.5 Å². The average Bonchev–Trinajstić information content (AvgIpc) is 3.14. The Morgan fingerprint density at radius 2 is 2.08 bits per heavy atom. The van der Waals surface area contributed by atoms with Gasteiger partial charge in [-0.15, -0.1) is 0 Å². The molecule has 3 heterocycles. The van der Waals surface area contributed by atoms with Gasteiger partial charge in [0.05, 0.1) is 16.8 Å². The molecule has 1 aliphatic rings. The fourth-order valence-electron chi connectivity index (χ4n) is 3.04. The van der Waals surface area contributed by atoms with E-state index in [1.807, 2.05) is 24.3 Å². The molecule has 130 valence electrons. The van der Waals surface area contributed by atoms with Gasteiger partial charge in [0.25, 0.3) is 0 Å². The van der Waals surface area contributed by atoms with Crippen LogP contribution in [0.5, 0.6) is 0 Å². The molecule has 25 heavy (non-hydrogen) atoms. The van der Waals surface area contributed by atoms with E-state index < -0.39 is 5.60 Å². The molecule has 1 fully saturated rings. The van der Waals surface area contributed by atoms with Gasteiger partial charge in [0.15, 0.2) is 0 Å². The number of aromatic amines is 1. The van der Waals surface area contributed by atoms with Crippen molar-refractivity contribution in [3.63, 3.8) is 0 Å². The summed E-state index contributed by atoms with van der Waals surface area (Å²) < 4.78 is 5.31. The van der Waals surface area contributed by atoms with E-state index in [4.69, 9.17) is 10.5 Å². The number of rotatable bonds is 4. The Morgan fingerprint density at radius 3 is 2.84 bits per heavy atom. The molecule has 0 saturated carbocycles. The van der Waals surface area contributed by atoms with Gasteiger partial charge in [-0.2, -0.15) is 10.1 Å². The highest BCUT2D eigenvalue weighted by molar-refractivity contribution is 5.92. The molecule has 0 bridgehead atoms. The van der Waals surface area contributed by atoms with Crippen molar-refractivity contribution in [2.24, 2.45) is 0 Å². The van der Waals surface area contributed by atoms with Gasteiger partial charge in [-0.3, -0.25) is 5.10 Å². The number of aromatic nitrogens is 4. The largest absolute Gasteiger partial charge is 0.388 e. The van der Waals surface area contributed by atoms with E-state index in [0.717, 1.165) is 22.2 Å². The van der Waals surface area contributed by atoms with E-state index in [0.29, 0.717) is 38.4 Å². The summed E-state index contributed by atoms with van der Waals surface area (Å²) >= 11 is 0. The van der Waals surface area contributed by atoms with Gasteiger partial charge in [0.1, 0.15) is 5.82 Å². The Labute approximate surface area is 144 Å². The third-order valence-electron chi connectivity index (χ3n) is 4.53. The Hall–Kier alpha value is -2.71. The lowest BCUT2D eigenvalue weighted by atomic mass is 9.94. The smallest absolute Gasteiger partial charge is 0.222 e. The molecular formula is C17H20N6O2. The first kappa shape index (κ1) is 15.8. The fraction of sp³-hybridized carbons (Fsp3) is 0.353. The molecule has 0 spiro atoms. The zero-order chi connectivity index (χ0) is 17.3. The number of hydrogen-bond acceptors (Lipinski definition) is 7. The Bertz CT molecular complexity index is 874. The van der Waals surface area contributed by atoms with Crippen LogP contribution in [0.4, 0.5) is 11.8 Å². The first-order valence-corrected chi connectivity index (χ1v) is 8.24. The Morgan fingerprint density at radius 1 is 1.24 bits per heavy atom. The average molecular weight is 340 g/mol. The topological polar surface area (TPSA) is 122 Å². The molecule has 0 amide bonds. The number of nitrogens with zero attached hydrogens (tertiary/aromatic N) is 3. The molecule has 2 aromatic heterocycles. The maximum atomic E-state index is 10.6. The van der Waals surface area contributed by atoms with Gasteiger partial charge in [-0.25, -0.2) is 4.98 Å². The van der Waals surface area contributed by atoms with Gasteiger partial charge in [0, 0.05) is 49.7 Å². The minimum absolute atomic E-state index is 0.190. The number of nitrogen functional groups attached to an aromatic ring is 1. The van der Waals surface area contributed by atoms with E-state index in [1.165, 1.54) is 0 Å². The standard InChI is InChI=1S/C17H20N6O2/c18-16-21-14-9-11(13-3-6-20-23-13)1-2-12(14)15(22-16)19-10-17(24)4-7-25-8-5-17/h1-3,6,9,24H,4-5,7-8,10H2,(H,20,23)(H3,18,19,21,22). The summed E-state index contributed by atoms with van der Waals surface area (Å²) in [5, 5.41) is 21.6. The molecule has 8 nitrogen and oxygen atoms in total. The number of nitrogens with one attached hydrogen (secondary N) is 2. The second kappa shape index (κ2) is 6.30. The van der Waals surface area contributed by atoms with Crippen molar-refractivity contribution < 1.29 is 9.84 Å². The van der Waals surface area contributed by atoms with E-state index >= 15 is 0 Å². The Kier molecular flexibility index (Phi) is 3.98. The molecule has 0 aliphatic carbocycles. The van der Waals surface area contributed by atoms with Crippen LogP contribution in [-0.2, 0) is 4.74 Å². The van der Waals surface area contributed by atoms with Crippen LogP contribution in [0.3, 0.4) is 0 Å². The number of nitrogens with two attached hydrogens (primary N) is 1. The van der Waals surface area contributed by atoms with Gasteiger partial charge >= 0.3 is 0 Å². The lowest BCUT2D eigenvalue weighted by Crippen LogP contribution is -2.42. The lowest BCUT2D eigenvalue weighted by Gasteiger charge is -2.32. The first-order chi connectivity index (χ1) is 12.1. The summed E-state index contributed by atoms with van der Waals surface area (Å²) in [5.74, 6) is 0.814. The van der Waals surface area contributed by atoms with Crippen molar-refractivity contribution in [2.75, 3.05) is 30.8 Å². The number of benzene rings is 1. The van der Waals surface area contributed by atoms with Crippen molar-refractivity contribution in [1.82, 2.24) is 20.2 Å². The monoisotopic (exact) mass is 340 g/mol. The highest BCUT2D eigenvalue weighted by atomic mass is 16.5. The normalized spacial score (nSPS) is 16.8. The van der Waals surface area contributed by atoms with Crippen LogP contribution in [0.25, 0.3) is 22.2 Å². The second-order valence-corrected chi connectivity index (χ2v) is 6.32. The third-order valence-corrected chi connectivity index (χ3v) is 4.53. The molecule has 5 N–H and O–H groups in total. The molecule has 3 aromatic rings. The summed E-state index contributed by atoms with van der Waals surface area (Å²) in [6.07, 6.45) is 2.90. The summed E-state index contributed by atoms with van der Waals surface area (Å²) in [4.78, 5) is 8.63. The number of H-pyrrole nitrogens is 1. The quantitative estimate of drug-likeness (QED) is 0.568. The van der Waals surface area contributed by atoms with Crippen molar-refractivity contribution in [2.45, 2.75) is 18.4 Å². The Balaban J connectivity index is 1.64. The highest BCUT2D eigenvalue weighted by Gasteiger charge is 2.29. The van der Waals surface area contributed by atoms with Crippen molar-refractivity contribution in [1.29, 1.82) is 0 Å². The maximum absolute atomic E-state index is 10.6. The van der Waals surface area contributed by atoms with Crippen LogP contribution in [0.2, 0.25) is 0 Å². The number of aliphatic hydroxyl groups is 1. The minimum Gasteiger partial charge on any atom is -0.388 e. The van der Waals surface area contributed by atoms with Gasteiger partial charge in [-0.1, -0.05) is 6.07 Å². The van der Waals surface area contributed by atoms with Gasteiger partial charge in [-0.05, 0) is 18.2 Å². The van der Waals surface area contributed by atoms with Crippen LogP contribution in [0, 0.1) is 0 Å². The van der Waals surface area contributed by atoms with Crippen molar-refractivity contribution in [3.05, 3.63) is 30.5 Å². The molecule has 0 unspecified atom stereocenters. The summed E-state index contributed by atoms with van der Waals surface area (Å²) in [7, 11) is 0. The number of ether oxygens (including phenoxy) is 1. The zero-order valence-corrected chi connectivity index (χ0v) is 13.7. The highest BCUT2D eigenvalue weighted by Crippen LogP contribution is 2.28. The SMILES string of the molecule is Nc1nc(NCC2(O)CCOCC2)c2ccc(-c3ccn[nH]3)cc2n1. The summed E-state index contributed by atoms with van der Waals surface area (Å²) in [5.41, 5.74) is 7.69. The zero-order valence-electron chi connectivity index (χ0n) is 13.7. The maximum Gasteiger partial charge on any atom is 0.222 e. The molecule has 4 rings (SSSR count). The van der Waals surface area contributed by atoms with Gasteiger partial charge in [0.2, 0.25) is 5.95 Å². The summed E-state index contributed by atoms with van der Waals surface area (Å²) in [6, 6.07) is 7.76. The van der Waals surface area contributed by atoms with E-state index in [-0.39, 0.29) is 5.95 Å². The second-order valence-electron chi connectivity index (χ2n) is 6.32. The molecule has 1 aromatic carbocycles. The molecule has 0 radical (unpaired) electrons. The number of anilines is 2.